The van der Waals surface area contributed by atoms with Crippen LogP contribution in [-0.4, -0.2) is 41.6 Å². The number of ether oxygens (including phenoxy) is 3. The molecule has 11 atom stereocenters. The van der Waals surface area contributed by atoms with E-state index in [1.165, 1.54) is 33.1 Å². The first-order chi connectivity index (χ1) is 17.7. The van der Waals surface area contributed by atoms with Crippen molar-refractivity contribution in [1.82, 2.24) is 0 Å². The van der Waals surface area contributed by atoms with Gasteiger partial charge >= 0.3 is 11.9 Å². The lowest BCUT2D eigenvalue weighted by molar-refractivity contribution is -0.181. The van der Waals surface area contributed by atoms with Crippen LogP contribution in [-0.2, 0) is 28.6 Å². The van der Waals surface area contributed by atoms with E-state index in [0.717, 1.165) is 44.9 Å². The van der Waals surface area contributed by atoms with Gasteiger partial charge in [-0.05, 0) is 105 Å². The van der Waals surface area contributed by atoms with Gasteiger partial charge in [0, 0.05) is 32.1 Å². The molecule has 5 saturated carbocycles. The molecule has 6 heteroatoms. The fraction of sp³-hybridized carbons (Fsp3) is 0.906. The molecule has 0 aromatic heterocycles. The van der Waals surface area contributed by atoms with Crippen LogP contribution in [0.3, 0.4) is 0 Å². The number of fused-ring (bicyclic) bond motifs is 2. The van der Waals surface area contributed by atoms with Crippen molar-refractivity contribution in [3.05, 3.63) is 0 Å². The lowest BCUT2D eigenvalue weighted by Gasteiger charge is -2.61. The Bertz CT molecular complexity index is 1050. The molecule has 6 nitrogen and oxygen atoms in total. The summed E-state index contributed by atoms with van der Waals surface area (Å²) in [5, 5.41) is 0. The summed E-state index contributed by atoms with van der Waals surface area (Å²) in [5.41, 5.74) is 0.0740. The van der Waals surface area contributed by atoms with Gasteiger partial charge in [-0.2, -0.15) is 0 Å². The van der Waals surface area contributed by atoms with E-state index in [0.29, 0.717) is 28.4 Å². The predicted molar refractivity (Wildman–Crippen MR) is 142 cm³/mol. The van der Waals surface area contributed by atoms with Gasteiger partial charge in [-0.25, -0.2) is 0 Å². The third-order valence-electron chi connectivity index (χ3n) is 13.4. The fourth-order valence-electron chi connectivity index (χ4n) is 11.8. The van der Waals surface area contributed by atoms with E-state index in [9.17, 15) is 14.4 Å². The average molecular weight is 529 g/mol. The SMILES string of the molecule is CC(=O)OC1C[C@@]2(C)C3CCC4C(C)C(=O)CCC45CC35CCC2(C)C1C1CCC(C(C)(C)OC(C)=O)O1. The Hall–Kier alpha value is -1.43. The largest absolute Gasteiger partial charge is 0.462 e. The normalized spacial score (nSPS) is 51.3. The number of rotatable bonds is 4. The van der Waals surface area contributed by atoms with Crippen LogP contribution in [0, 0.1) is 45.3 Å². The van der Waals surface area contributed by atoms with Crippen molar-refractivity contribution in [2.24, 2.45) is 45.3 Å². The summed E-state index contributed by atoms with van der Waals surface area (Å²) >= 11 is 0. The van der Waals surface area contributed by atoms with Crippen molar-refractivity contribution < 1.29 is 28.6 Å². The molecule has 0 radical (unpaired) electrons. The van der Waals surface area contributed by atoms with Crippen molar-refractivity contribution >= 4 is 17.7 Å². The Morgan fingerprint density at radius 2 is 1.68 bits per heavy atom. The molecule has 1 aliphatic heterocycles. The van der Waals surface area contributed by atoms with Gasteiger partial charge in [-0.1, -0.05) is 20.8 Å². The number of ketones is 1. The minimum Gasteiger partial charge on any atom is -0.462 e. The van der Waals surface area contributed by atoms with Crippen molar-refractivity contribution in [2.45, 2.75) is 137 Å². The second-order valence-electron chi connectivity index (χ2n) is 15.1. The van der Waals surface area contributed by atoms with Gasteiger partial charge in [-0.15, -0.1) is 0 Å². The second kappa shape index (κ2) is 8.30. The predicted octanol–water partition coefficient (Wildman–Crippen LogP) is 6.04. The van der Waals surface area contributed by atoms with Gasteiger partial charge < -0.3 is 14.2 Å². The first-order valence-corrected chi connectivity index (χ1v) is 15.3. The third kappa shape index (κ3) is 3.37. The molecule has 6 fully saturated rings. The molecular weight excluding hydrogens is 480 g/mol. The molecular formula is C32H48O6. The number of hydrogen-bond acceptors (Lipinski definition) is 6. The average Bonchev–Trinajstić information content (AvgIpc) is 3.08. The van der Waals surface area contributed by atoms with Crippen LogP contribution >= 0.6 is 0 Å². The molecule has 1 saturated heterocycles. The number of esters is 2. The quantitative estimate of drug-likeness (QED) is 0.414. The number of hydrogen-bond donors (Lipinski definition) is 0. The van der Waals surface area contributed by atoms with E-state index in [-0.39, 0.29) is 52.9 Å². The molecule has 5 aliphatic carbocycles. The molecule has 10 unspecified atom stereocenters. The van der Waals surface area contributed by atoms with Crippen molar-refractivity contribution in [2.75, 3.05) is 0 Å². The van der Waals surface area contributed by atoms with E-state index in [1.807, 2.05) is 13.8 Å². The van der Waals surface area contributed by atoms with Crippen LogP contribution in [0.15, 0.2) is 0 Å². The molecule has 38 heavy (non-hydrogen) atoms. The highest BCUT2D eigenvalue weighted by atomic mass is 16.6. The van der Waals surface area contributed by atoms with Gasteiger partial charge in [0.2, 0.25) is 0 Å². The van der Waals surface area contributed by atoms with Crippen LogP contribution in [0.2, 0.25) is 0 Å². The summed E-state index contributed by atoms with van der Waals surface area (Å²) in [7, 11) is 0. The minimum atomic E-state index is -0.690. The van der Waals surface area contributed by atoms with Gasteiger partial charge in [0.1, 0.15) is 17.5 Å². The summed E-state index contributed by atoms with van der Waals surface area (Å²) in [6.45, 7) is 14.0. The summed E-state index contributed by atoms with van der Waals surface area (Å²) in [6, 6.07) is 0. The molecule has 212 valence electrons. The zero-order valence-electron chi connectivity index (χ0n) is 24.6. The lowest BCUT2D eigenvalue weighted by Crippen LogP contribution is -2.56. The monoisotopic (exact) mass is 528 g/mol. The fourth-order valence-corrected chi connectivity index (χ4v) is 11.8. The van der Waals surface area contributed by atoms with Gasteiger partial charge in [0.05, 0.1) is 12.2 Å². The molecule has 6 aliphatic rings. The molecule has 0 aromatic carbocycles. The Morgan fingerprint density at radius 1 is 0.947 bits per heavy atom. The summed E-state index contributed by atoms with van der Waals surface area (Å²) in [5.74, 6) is 1.48. The molecule has 0 N–H and O–H groups in total. The zero-order valence-corrected chi connectivity index (χ0v) is 24.6. The van der Waals surface area contributed by atoms with Crippen LogP contribution in [0.1, 0.15) is 113 Å². The van der Waals surface area contributed by atoms with E-state index < -0.39 is 5.60 Å². The number of carbonyl (C=O) groups excluding carboxylic acids is 3. The van der Waals surface area contributed by atoms with Crippen molar-refractivity contribution in [3.8, 4) is 0 Å². The Labute approximate surface area is 228 Å². The summed E-state index contributed by atoms with van der Waals surface area (Å²) < 4.78 is 18.6. The molecule has 0 amide bonds. The first-order valence-electron chi connectivity index (χ1n) is 15.3. The molecule has 0 bridgehead atoms. The standard InChI is InChI=1S/C32H48O6/c1-18-21-8-10-25-30(7)16-24(36-19(2)33)27(23-9-11-26(37-23)28(4,5)38-20(3)34)29(30,6)14-15-32(25)17-31(21,32)13-12-22(18)35/h18,21,23-27H,8-17H2,1-7H3/t18?,21?,23?,24?,25?,26?,27?,29?,30-,31?,32?/m0/s1. The Morgan fingerprint density at radius 3 is 2.37 bits per heavy atom. The van der Waals surface area contributed by atoms with Gasteiger partial charge in [0.25, 0.3) is 0 Å². The topological polar surface area (TPSA) is 78.9 Å². The zero-order chi connectivity index (χ0) is 27.5. The van der Waals surface area contributed by atoms with E-state index >= 15 is 0 Å². The number of carbonyl (C=O) groups is 3. The van der Waals surface area contributed by atoms with Crippen molar-refractivity contribution in [1.29, 1.82) is 0 Å². The maximum atomic E-state index is 12.7. The maximum Gasteiger partial charge on any atom is 0.303 e. The third-order valence-corrected chi connectivity index (χ3v) is 13.4. The number of Topliss-reactive ketones (excluding diaryl/α,β-unsaturated/α-hetero) is 1. The molecule has 6 rings (SSSR count). The van der Waals surface area contributed by atoms with E-state index in [1.54, 1.807) is 0 Å². The summed E-state index contributed by atoms with van der Waals surface area (Å²) in [4.78, 5) is 36.8. The van der Waals surface area contributed by atoms with Crippen LogP contribution < -0.4 is 0 Å². The van der Waals surface area contributed by atoms with Crippen LogP contribution in [0.25, 0.3) is 0 Å². The van der Waals surface area contributed by atoms with Crippen LogP contribution in [0.4, 0.5) is 0 Å². The Balaban J connectivity index is 1.32. The second-order valence-corrected chi connectivity index (χ2v) is 15.1. The molecule has 1 heterocycles. The smallest absolute Gasteiger partial charge is 0.303 e. The highest BCUT2D eigenvalue weighted by molar-refractivity contribution is 5.82. The van der Waals surface area contributed by atoms with E-state index in [2.05, 4.69) is 20.8 Å². The maximum absolute atomic E-state index is 12.7. The first kappa shape index (κ1) is 26.8. The molecule has 0 aromatic rings. The Kier molecular flexibility index (Phi) is 5.85. The highest BCUT2D eigenvalue weighted by Crippen LogP contribution is 2.88. The summed E-state index contributed by atoms with van der Waals surface area (Å²) in [6.07, 6.45) is 10.1. The van der Waals surface area contributed by atoms with Gasteiger partial charge in [0.15, 0.2) is 0 Å². The van der Waals surface area contributed by atoms with Crippen LogP contribution in [0.5, 0.6) is 0 Å². The minimum absolute atomic E-state index is 0.000878. The van der Waals surface area contributed by atoms with E-state index in [4.69, 9.17) is 14.2 Å². The molecule has 2 spiro atoms. The van der Waals surface area contributed by atoms with Gasteiger partial charge in [-0.3, -0.25) is 14.4 Å². The lowest BCUT2D eigenvalue weighted by atomic mass is 9.43. The highest BCUT2D eigenvalue weighted by Gasteiger charge is 2.82. The van der Waals surface area contributed by atoms with Crippen molar-refractivity contribution in [3.63, 3.8) is 0 Å².